The third kappa shape index (κ3) is 4.96. The molecule has 1 rings (SSSR count). The molecule has 0 aliphatic heterocycles. The summed E-state index contributed by atoms with van der Waals surface area (Å²) >= 11 is 0. The summed E-state index contributed by atoms with van der Waals surface area (Å²) in [6.45, 7) is 11.4. The SMILES string of the molecule is Cc1ccc(N([C@@H](C)C(=O)N[C@H](C)C(C)C)S(C)(=O)=O)cc1C. The highest BCUT2D eigenvalue weighted by Crippen LogP contribution is 2.23. The summed E-state index contributed by atoms with van der Waals surface area (Å²) in [6.07, 6.45) is 1.12. The van der Waals surface area contributed by atoms with Gasteiger partial charge in [0.05, 0.1) is 11.9 Å². The minimum absolute atomic E-state index is 0.0221. The van der Waals surface area contributed by atoms with Crippen molar-refractivity contribution in [2.45, 2.75) is 53.6 Å². The van der Waals surface area contributed by atoms with Gasteiger partial charge in [-0.1, -0.05) is 19.9 Å². The lowest BCUT2D eigenvalue weighted by molar-refractivity contribution is -0.122. The van der Waals surface area contributed by atoms with Crippen LogP contribution in [0.5, 0.6) is 0 Å². The number of nitrogens with zero attached hydrogens (tertiary/aromatic N) is 1. The second-order valence-corrected chi connectivity index (χ2v) is 8.40. The number of sulfonamides is 1. The van der Waals surface area contributed by atoms with Crippen molar-refractivity contribution in [3.05, 3.63) is 29.3 Å². The van der Waals surface area contributed by atoms with E-state index in [0.29, 0.717) is 5.69 Å². The quantitative estimate of drug-likeness (QED) is 0.865. The van der Waals surface area contributed by atoms with E-state index < -0.39 is 16.1 Å². The zero-order valence-electron chi connectivity index (χ0n) is 15.0. The van der Waals surface area contributed by atoms with Gasteiger partial charge in [0.25, 0.3) is 0 Å². The Bertz CT molecular complexity index is 668. The summed E-state index contributed by atoms with van der Waals surface area (Å²) < 4.78 is 25.7. The molecule has 130 valence electrons. The minimum Gasteiger partial charge on any atom is -0.352 e. The summed E-state index contributed by atoms with van der Waals surface area (Å²) in [5.41, 5.74) is 2.57. The molecule has 1 amide bonds. The number of carbonyl (C=O) groups is 1. The molecule has 0 bridgehead atoms. The van der Waals surface area contributed by atoms with Crippen LogP contribution < -0.4 is 9.62 Å². The third-order valence-electron chi connectivity index (χ3n) is 4.20. The highest BCUT2D eigenvalue weighted by atomic mass is 32.2. The smallest absolute Gasteiger partial charge is 0.243 e. The molecule has 0 radical (unpaired) electrons. The predicted molar refractivity (Wildman–Crippen MR) is 95.1 cm³/mol. The Labute approximate surface area is 140 Å². The molecule has 0 fully saturated rings. The molecule has 2 atom stereocenters. The second kappa shape index (κ2) is 7.34. The molecule has 0 saturated heterocycles. The average molecular weight is 340 g/mol. The molecule has 0 aromatic heterocycles. The topological polar surface area (TPSA) is 66.5 Å². The maximum absolute atomic E-state index is 12.5. The first-order valence-electron chi connectivity index (χ1n) is 7.82. The van der Waals surface area contributed by atoms with Crippen LogP contribution in [0.4, 0.5) is 5.69 Å². The van der Waals surface area contributed by atoms with Crippen molar-refractivity contribution in [3.63, 3.8) is 0 Å². The van der Waals surface area contributed by atoms with Crippen LogP contribution >= 0.6 is 0 Å². The Balaban J connectivity index is 3.17. The number of carbonyl (C=O) groups excluding carboxylic acids is 1. The van der Waals surface area contributed by atoms with Crippen molar-refractivity contribution < 1.29 is 13.2 Å². The first-order chi connectivity index (χ1) is 10.4. The summed E-state index contributed by atoms with van der Waals surface area (Å²) in [4.78, 5) is 12.5. The Kier molecular flexibility index (Phi) is 6.22. The normalized spacial score (nSPS) is 14.4. The van der Waals surface area contributed by atoms with Crippen LogP contribution in [0, 0.1) is 19.8 Å². The first-order valence-corrected chi connectivity index (χ1v) is 9.67. The van der Waals surface area contributed by atoms with Crippen LogP contribution in [0.1, 0.15) is 38.8 Å². The Morgan fingerprint density at radius 2 is 1.65 bits per heavy atom. The number of hydrogen-bond acceptors (Lipinski definition) is 3. The molecule has 0 heterocycles. The molecule has 1 aromatic rings. The summed E-state index contributed by atoms with van der Waals surface area (Å²) in [5, 5.41) is 2.88. The minimum atomic E-state index is -3.58. The van der Waals surface area contributed by atoms with E-state index in [1.54, 1.807) is 19.1 Å². The molecule has 0 unspecified atom stereocenters. The van der Waals surface area contributed by atoms with Gasteiger partial charge in [0, 0.05) is 6.04 Å². The fourth-order valence-electron chi connectivity index (χ4n) is 2.18. The molecule has 0 spiro atoms. The molecule has 1 N–H and O–H groups in total. The number of amides is 1. The van der Waals surface area contributed by atoms with Crippen LogP contribution in [0.2, 0.25) is 0 Å². The van der Waals surface area contributed by atoms with Gasteiger partial charge in [-0.15, -0.1) is 0 Å². The summed E-state index contributed by atoms with van der Waals surface area (Å²) in [6, 6.07) is 4.56. The van der Waals surface area contributed by atoms with Crippen molar-refractivity contribution in [2.75, 3.05) is 10.6 Å². The van der Waals surface area contributed by atoms with Gasteiger partial charge >= 0.3 is 0 Å². The van der Waals surface area contributed by atoms with Crippen molar-refractivity contribution in [1.29, 1.82) is 0 Å². The number of nitrogens with one attached hydrogen (secondary N) is 1. The standard InChI is InChI=1S/C17H28N2O3S/c1-11(2)14(5)18-17(20)15(6)19(23(7,21)22)16-9-8-12(3)13(4)10-16/h8-11,14-15H,1-7H3,(H,18,20)/t14-,15+/m1/s1. The first kappa shape index (κ1) is 19.5. The van der Waals surface area contributed by atoms with Gasteiger partial charge in [0.2, 0.25) is 15.9 Å². The van der Waals surface area contributed by atoms with Gasteiger partial charge < -0.3 is 5.32 Å². The number of benzene rings is 1. The highest BCUT2D eigenvalue weighted by molar-refractivity contribution is 7.92. The molecule has 6 heteroatoms. The second-order valence-electron chi connectivity index (χ2n) is 6.54. The van der Waals surface area contributed by atoms with Gasteiger partial charge in [-0.3, -0.25) is 9.10 Å². The maximum Gasteiger partial charge on any atom is 0.243 e. The number of anilines is 1. The molecule has 0 aliphatic rings. The molecular formula is C17H28N2O3S. The van der Waals surface area contributed by atoms with Crippen molar-refractivity contribution in [1.82, 2.24) is 5.32 Å². The Morgan fingerprint density at radius 1 is 1.09 bits per heavy atom. The van der Waals surface area contributed by atoms with Crippen LogP contribution in [0.3, 0.4) is 0 Å². The van der Waals surface area contributed by atoms with Crippen LogP contribution in [-0.2, 0) is 14.8 Å². The molecule has 0 aliphatic carbocycles. The van der Waals surface area contributed by atoms with Crippen molar-refractivity contribution in [2.24, 2.45) is 5.92 Å². The van der Waals surface area contributed by atoms with E-state index in [1.165, 1.54) is 4.31 Å². The fraction of sp³-hybridized carbons (Fsp3) is 0.588. The maximum atomic E-state index is 12.5. The van der Waals surface area contributed by atoms with E-state index in [2.05, 4.69) is 5.32 Å². The van der Waals surface area contributed by atoms with E-state index in [-0.39, 0.29) is 17.9 Å². The van der Waals surface area contributed by atoms with Gasteiger partial charge in [0.1, 0.15) is 6.04 Å². The molecule has 23 heavy (non-hydrogen) atoms. The zero-order valence-corrected chi connectivity index (χ0v) is 15.9. The lowest BCUT2D eigenvalue weighted by Crippen LogP contribution is -2.50. The van der Waals surface area contributed by atoms with Gasteiger partial charge in [-0.05, 0) is 56.9 Å². The van der Waals surface area contributed by atoms with Crippen molar-refractivity contribution in [3.8, 4) is 0 Å². The number of hydrogen-bond donors (Lipinski definition) is 1. The monoisotopic (exact) mass is 340 g/mol. The lowest BCUT2D eigenvalue weighted by atomic mass is 10.1. The van der Waals surface area contributed by atoms with E-state index in [1.807, 2.05) is 40.7 Å². The van der Waals surface area contributed by atoms with E-state index in [9.17, 15) is 13.2 Å². The largest absolute Gasteiger partial charge is 0.352 e. The Morgan fingerprint density at radius 3 is 2.09 bits per heavy atom. The van der Waals surface area contributed by atoms with Gasteiger partial charge in [-0.25, -0.2) is 8.42 Å². The summed E-state index contributed by atoms with van der Waals surface area (Å²) in [5.74, 6) is -0.0192. The van der Waals surface area contributed by atoms with Gasteiger partial charge in [0.15, 0.2) is 0 Å². The van der Waals surface area contributed by atoms with Gasteiger partial charge in [-0.2, -0.15) is 0 Å². The van der Waals surface area contributed by atoms with E-state index >= 15 is 0 Å². The number of aryl methyl sites for hydroxylation is 2. The Hall–Kier alpha value is -1.56. The zero-order chi connectivity index (χ0) is 17.9. The molecule has 5 nitrogen and oxygen atoms in total. The summed E-state index contributed by atoms with van der Waals surface area (Å²) in [7, 11) is -3.58. The predicted octanol–water partition coefficient (Wildman–Crippen LogP) is 2.62. The fourth-order valence-corrected chi connectivity index (χ4v) is 3.35. The molecular weight excluding hydrogens is 312 g/mol. The van der Waals surface area contributed by atoms with Crippen molar-refractivity contribution >= 4 is 21.6 Å². The van der Waals surface area contributed by atoms with Crippen LogP contribution in [-0.4, -0.2) is 32.7 Å². The van der Waals surface area contributed by atoms with Crippen LogP contribution in [0.15, 0.2) is 18.2 Å². The highest BCUT2D eigenvalue weighted by Gasteiger charge is 2.30. The van der Waals surface area contributed by atoms with E-state index in [0.717, 1.165) is 17.4 Å². The average Bonchev–Trinajstić information content (AvgIpc) is 2.41. The van der Waals surface area contributed by atoms with Crippen LogP contribution in [0.25, 0.3) is 0 Å². The molecule has 1 aromatic carbocycles. The third-order valence-corrected chi connectivity index (χ3v) is 5.45. The lowest BCUT2D eigenvalue weighted by Gasteiger charge is -2.30. The number of rotatable bonds is 6. The van der Waals surface area contributed by atoms with E-state index in [4.69, 9.17) is 0 Å². The molecule has 0 saturated carbocycles.